The number of ether oxygens (including phenoxy) is 1. The third-order valence-corrected chi connectivity index (χ3v) is 4.48. The Bertz CT molecular complexity index is 748. The standard InChI is InChI=1S/C19H20ClFN2O2/c1-14(25-16-6-4-5-15(20)13-16)19(24)23-11-9-22(10-12-23)18-8-3-2-7-17(18)21/h2-8,13-14H,9-12H2,1H3. The normalized spacial score (nSPS) is 15.8. The van der Waals surface area contributed by atoms with Crippen molar-refractivity contribution in [1.29, 1.82) is 0 Å². The Morgan fingerprint density at radius 3 is 2.52 bits per heavy atom. The lowest BCUT2D eigenvalue weighted by atomic mass is 10.2. The van der Waals surface area contributed by atoms with E-state index in [4.69, 9.17) is 16.3 Å². The van der Waals surface area contributed by atoms with Gasteiger partial charge in [-0.05, 0) is 37.3 Å². The number of para-hydroxylation sites is 1. The van der Waals surface area contributed by atoms with Gasteiger partial charge < -0.3 is 14.5 Å². The molecule has 0 aromatic heterocycles. The van der Waals surface area contributed by atoms with Crippen molar-refractivity contribution in [2.75, 3.05) is 31.1 Å². The number of rotatable bonds is 4. The van der Waals surface area contributed by atoms with Crippen LogP contribution in [0.2, 0.25) is 5.02 Å². The number of piperazine rings is 1. The lowest BCUT2D eigenvalue weighted by Crippen LogP contribution is -2.52. The minimum atomic E-state index is -0.599. The zero-order chi connectivity index (χ0) is 17.8. The summed E-state index contributed by atoms with van der Waals surface area (Å²) in [5.74, 6) is 0.256. The summed E-state index contributed by atoms with van der Waals surface area (Å²) in [5.41, 5.74) is 0.581. The van der Waals surface area contributed by atoms with Gasteiger partial charge in [0.1, 0.15) is 11.6 Å². The Balaban J connectivity index is 1.57. The molecule has 1 unspecified atom stereocenters. The fourth-order valence-corrected chi connectivity index (χ4v) is 3.11. The molecule has 1 heterocycles. The molecule has 1 fully saturated rings. The predicted octanol–water partition coefficient (Wildman–Crippen LogP) is 3.60. The van der Waals surface area contributed by atoms with Crippen molar-refractivity contribution in [2.45, 2.75) is 13.0 Å². The van der Waals surface area contributed by atoms with E-state index in [-0.39, 0.29) is 11.7 Å². The van der Waals surface area contributed by atoms with Crippen LogP contribution >= 0.6 is 11.6 Å². The molecule has 0 spiro atoms. The number of hydrogen-bond acceptors (Lipinski definition) is 3. The van der Waals surface area contributed by atoms with E-state index in [0.717, 1.165) is 0 Å². The highest BCUT2D eigenvalue weighted by Crippen LogP contribution is 2.21. The van der Waals surface area contributed by atoms with Crippen LogP contribution in [0.4, 0.5) is 10.1 Å². The van der Waals surface area contributed by atoms with Crippen LogP contribution in [0.5, 0.6) is 5.75 Å². The average molecular weight is 363 g/mol. The lowest BCUT2D eigenvalue weighted by Gasteiger charge is -2.37. The second-order valence-electron chi connectivity index (χ2n) is 5.98. The number of halogens is 2. The monoisotopic (exact) mass is 362 g/mol. The summed E-state index contributed by atoms with van der Waals surface area (Å²) in [7, 11) is 0. The first-order valence-corrected chi connectivity index (χ1v) is 8.63. The molecular formula is C19H20ClFN2O2. The Kier molecular flexibility index (Phi) is 5.43. The van der Waals surface area contributed by atoms with Gasteiger partial charge in [-0.1, -0.05) is 29.8 Å². The van der Waals surface area contributed by atoms with Crippen molar-refractivity contribution in [2.24, 2.45) is 0 Å². The predicted molar refractivity (Wildman–Crippen MR) is 96.7 cm³/mol. The molecule has 1 atom stereocenters. The molecule has 2 aromatic carbocycles. The van der Waals surface area contributed by atoms with Gasteiger partial charge in [-0.15, -0.1) is 0 Å². The second kappa shape index (κ2) is 7.74. The summed E-state index contributed by atoms with van der Waals surface area (Å²) in [4.78, 5) is 16.3. The molecule has 0 N–H and O–H groups in total. The van der Waals surface area contributed by atoms with E-state index >= 15 is 0 Å². The number of benzene rings is 2. The fraction of sp³-hybridized carbons (Fsp3) is 0.316. The van der Waals surface area contributed by atoms with Crippen molar-refractivity contribution in [3.05, 3.63) is 59.4 Å². The minimum Gasteiger partial charge on any atom is -0.481 e. The van der Waals surface area contributed by atoms with Crippen LogP contribution in [0.15, 0.2) is 48.5 Å². The molecule has 4 nitrogen and oxygen atoms in total. The van der Waals surface area contributed by atoms with E-state index in [1.165, 1.54) is 6.07 Å². The molecule has 0 radical (unpaired) electrons. The highest BCUT2D eigenvalue weighted by atomic mass is 35.5. The molecule has 25 heavy (non-hydrogen) atoms. The molecule has 0 aliphatic carbocycles. The summed E-state index contributed by atoms with van der Waals surface area (Å²) in [6, 6.07) is 13.7. The summed E-state index contributed by atoms with van der Waals surface area (Å²) < 4.78 is 19.6. The molecule has 0 bridgehead atoms. The molecule has 0 saturated carbocycles. The molecule has 1 amide bonds. The summed E-state index contributed by atoms with van der Waals surface area (Å²) in [6.07, 6.45) is -0.599. The van der Waals surface area contributed by atoms with Gasteiger partial charge in [-0.2, -0.15) is 0 Å². The van der Waals surface area contributed by atoms with Crippen molar-refractivity contribution in [3.8, 4) is 5.75 Å². The van der Waals surface area contributed by atoms with E-state index in [0.29, 0.717) is 42.6 Å². The van der Waals surface area contributed by atoms with Crippen LogP contribution in [0, 0.1) is 5.82 Å². The van der Waals surface area contributed by atoms with Crippen LogP contribution < -0.4 is 9.64 Å². The smallest absolute Gasteiger partial charge is 0.263 e. The molecular weight excluding hydrogens is 343 g/mol. The van der Waals surface area contributed by atoms with E-state index in [1.807, 2.05) is 11.0 Å². The molecule has 2 aromatic rings. The fourth-order valence-electron chi connectivity index (χ4n) is 2.93. The maximum atomic E-state index is 13.9. The molecule has 132 valence electrons. The first kappa shape index (κ1) is 17.5. The van der Waals surface area contributed by atoms with Crippen molar-refractivity contribution in [1.82, 2.24) is 4.90 Å². The molecule has 6 heteroatoms. The molecule has 1 aliphatic rings. The van der Waals surface area contributed by atoms with Gasteiger partial charge in [0.25, 0.3) is 5.91 Å². The van der Waals surface area contributed by atoms with Gasteiger partial charge in [-0.25, -0.2) is 4.39 Å². The average Bonchev–Trinajstić information content (AvgIpc) is 2.62. The van der Waals surface area contributed by atoms with Gasteiger partial charge in [0.15, 0.2) is 6.10 Å². The third-order valence-electron chi connectivity index (χ3n) is 4.24. The van der Waals surface area contributed by atoms with Crippen LogP contribution in [-0.4, -0.2) is 43.1 Å². The molecule has 3 rings (SSSR count). The maximum absolute atomic E-state index is 13.9. The number of nitrogens with zero attached hydrogens (tertiary/aromatic N) is 2. The largest absolute Gasteiger partial charge is 0.481 e. The SMILES string of the molecule is CC(Oc1cccc(Cl)c1)C(=O)N1CCN(c2ccccc2F)CC1. The Morgan fingerprint density at radius 1 is 1.12 bits per heavy atom. The van der Waals surface area contributed by atoms with Crippen LogP contribution in [0.25, 0.3) is 0 Å². The van der Waals surface area contributed by atoms with Gasteiger partial charge in [0.05, 0.1) is 5.69 Å². The van der Waals surface area contributed by atoms with Crippen molar-refractivity contribution < 1.29 is 13.9 Å². The zero-order valence-electron chi connectivity index (χ0n) is 14.0. The van der Waals surface area contributed by atoms with Gasteiger partial charge in [0, 0.05) is 31.2 Å². The van der Waals surface area contributed by atoms with E-state index in [2.05, 4.69) is 0 Å². The van der Waals surface area contributed by atoms with Crippen molar-refractivity contribution >= 4 is 23.2 Å². The first-order chi connectivity index (χ1) is 12.0. The zero-order valence-corrected chi connectivity index (χ0v) is 14.7. The quantitative estimate of drug-likeness (QED) is 0.833. The number of carbonyl (C=O) groups excluding carboxylic acids is 1. The van der Waals surface area contributed by atoms with Crippen LogP contribution in [-0.2, 0) is 4.79 Å². The number of amides is 1. The van der Waals surface area contributed by atoms with Gasteiger partial charge >= 0.3 is 0 Å². The maximum Gasteiger partial charge on any atom is 0.263 e. The van der Waals surface area contributed by atoms with E-state index < -0.39 is 6.10 Å². The second-order valence-corrected chi connectivity index (χ2v) is 6.42. The van der Waals surface area contributed by atoms with Gasteiger partial charge in [-0.3, -0.25) is 4.79 Å². The Morgan fingerprint density at radius 2 is 1.84 bits per heavy atom. The Hall–Kier alpha value is -2.27. The van der Waals surface area contributed by atoms with Gasteiger partial charge in [0.2, 0.25) is 0 Å². The van der Waals surface area contributed by atoms with Crippen LogP contribution in [0.3, 0.4) is 0 Å². The van der Waals surface area contributed by atoms with Crippen LogP contribution in [0.1, 0.15) is 6.92 Å². The highest BCUT2D eigenvalue weighted by Gasteiger charge is 2.26. The summed E-state index contributed by atoms with van der Waals surface area (Å²) in [6.45, 7) is 3.99. The Labute approximate surface area is 151 Å². The first-order valence-electron chi connectivity index (χ1n) is 8.25. The highest BCUT2D eigenvalue weighted by molar-refractivity contribution is 6.30. The minimum absolute atomic E-state index is 0.0758. The molecule has 1 saturated heterocycles. The lowest BCUT2D eigenvalue weighted by molar-refractivity contribution is -0.138. The van der Waals surface area contributed by atoms with Crippen molar-refractivity contribution in [3.63, 3.8) is 0 Å². The third kappa shape index (κ3) is 4.23. The topological polar surface area (TPSA) is 32.8 Å². The number of hydrogen-bond donors (Lipinski definition) is 0. The number of carbonyl (C=O) groups is 1. The van der Waals surface area contributed by atoms with E-state index in [1.54, 1.807) is 48.2 Å². The summed E-state index contributed by atoms with van der Waals surface area (Å²) in [5, 5.41) is 0.565. The van der Waals surface area contributed by atoms with E-state index in [9.17, 15) is 9.18 Å². The molecule has 1 aliphatic heterocycles. The number of anilines is 1. The summed E-state index contributed by atoms with van der Waals surface area (Å²) >= 11 is 5.93.